The van der Waals surface area contributed by atoms with Crippen LogP contribution in [-0.4, -0.2) is 49.1 Å². The predicted octanol–water partition coefficient (Wildman–Crippen LogP) is 2.27. The van der Waals surface area contributed by atoms with E-state index in [1.165, 1.54) is 22.2 Å². The molecular weight excluding hydrogens is 308 g/mol. The third-order valence-corrected chi connectivity index (χ3v) is 3.69. The Morgan fingerprint density at radius 2 is 1.71 bits per heavy atom. The average molecular weight is 330 g/mol. The van der Waals surface area contributed by atoms with Crippen molar-refractivity contribution in [3.05, 3.63) is 42.0 Å². The van der Waals surface area contributed by atoms with Crippen molar-refractivity contribution in [2.45, 2.75) is 13.3 Å². The van der Waals surface area contributed by atoms with Gasteiger partial charge in [0.15, 0.2) is 0 Å². The standard InChI is InChI=1S/C18H22N2O4/c1-4-6-17(21)19-11-5-12-20(19)18(22)10-7-14-13-15(23-2)8-9-16(14)24-3/h4,6-10,13H,5,11-12H2,1-3H3. The topological polar surface area (TPSA) is 59.1 Å². The second kappa shape index (κ2) is 8.19. The third kappa shape index (κ3) is 3.95. The van der Waals surface area contributed by atoms with Crippen LogP contribution in [0.1, 0.15) is 18.9 Å². The number of hydrogen-bond donors (Lipinski definition) is 0. The summed E-state index contributed by atoms with van der Waals surface area (Å²) in [7, 11) is 3.15. The van der Waals surface area contributed by atoms with Gasteiger partial charge >= 0.3 is 0 Å². The fourth-order valence-electron chi connectivity index (χ4n) is 2.52. The molecule has 1 aliphatic rings. The maximum Gasteiger partial charge on any atom is 0.265 e. The molecule has 0 N–H and O–H groups in total. The van der Waals surface area contributed by atoms with E-state index in [0.29, 0.717) is 24.6 Å². The van der Waals surface area contributed by atoms with Crippen LogP contribution in [0.5, 0.6) is 11.5 Å². The van der Waals surface area contributed by atoms with E-state index in [1.807, 2.05) is 0 Å². The van der Waals surface area contributed by atoms with Gasteiger partial charge in [0.25, 0.3) is 11.8 Å². The van der Waals surface area contributed by atoms with Gasteiger partial charge in [0, 0.05) is 30.8 Å². The summed E-state index contributed by atoms with van der Waals surface area (Å²) in [6, 6.07) is 5.35. The maximum absolute atomic E-state index is 12.4. The van der Waals surface area contributed by atoms with Gasteiger partial charge in [-0.05, 0) is 37.6 Å². The normalized spacial score (nSPS) is 14.6. The summed E-state index contributed by atoms with van der Waals surface area (Å²) in [5.41, 5.74) is 0.732. The van der Waals surface area contributed by atoms with Crippen LogP contribution >= 0.6 is 0 Å². The number of rotatable bonds is 5. The Morgan fingerprint density at radius 1 is 1.04 bits per heavy atom. The van der Waals surface area contributed by atoms with E-state index >= 15 is 0 Å². The molecule has 6 heteroatoms. The van der Waals surface area contributed by atoms with Crippen molar-refractivity contribution in [3.63, 3.8) is 0 Å². The summed E-state index contributed by atoms with van der Waals surface area (Å²) in [5.74, 6) is 0.892. The van der Waals surface area contributed by atoms with Gasteiger partial charge in [0.05, 0.1) is 14.2 Å². The van der Waals surface area contributed by atoms with Gasteiger partial charge in [-0.3, -0.25) is 9.59 Å². The molecule has 1 aromatic rings. The Balaban J connectivity index is 2.16. The molecule has 0 aromatic heterocycles. The first-order chi connectivity index (χ1) is 11.6. The highest BCUT2D eigenvalue weighted by molar-refractivity contribution is 5.95. The molecule has 0 atom stereocenters. The lowest BCUT2D eigenvalue weighted by Crippen LogP contribution is -2.43. The molecule has 0 unspecified atom stereocenters. The van der Waals surface area contributed by atoms with Crippen molar-refractivity contribution in [2.75, 3.05) is 27.3 Å². The Kier molecular flexibility index (Phi) is 6.01. The van der Waals surface area contributed by atoms with Gasteiger partial charge in [-0.25, -0.2) is 10.0 Å². The van der Waals surface area contributed by atoms with Gasteiger partial charge in [-0.1, -0.05) is 6.08 Å². The van der Waals surface area contributed by atoms with Crippen LogP contribution in [0.4, 0.5) is 0 Å². The number of allylic oxidation sites excluding steroid dienone is 1. The number of nitrogens with zero attached hydrogens (tertiary/aromatic N) is 2. The summed E-state index contributed by atoms with van der Waals surface area (Å²) in [4.78, 5) is 24.4. The fourth-order valence-corrected chi connectivity index (χ4v) is 2.52. The largest absolute Gasteiger partial charge is 0.497 e. The summed E-state index contributed by atoms with van der Waals surface area (Å²) in [5, 5.41) is 2.93. The van der Waals surface area contributed by atoms with Gasteiger partial charge < -0.3 is 9.47 Å². The number of ether oxygens (including phenoxy) is 2. The van der Waals surface area contributed by atoms with Crippen LogP contribution in [0, 0.1) is 0 Å². The number of carbonyl (C=O) groups is 2. The van der Waals surface area contributed by atoms with E-state index in [0.717, 1.165) is 12.0 Å². The molecule has 0 aliphatic carbocycles. The first-order valence-electron chi connectivity index (χ1n) is 7.76. The zero-order valence-corrected chi connectivity index (χ0v) is 14.2. The number of carbonyl (C=O) groups excluding carboxylic acids is 2. The molecule has 1 fully saturated rings. The smallest absolute Gasteiger partial charge is 0.265 e. The first-order valence-corrected chi connectivity index (χ1v) is 7.76. The molecule has 0 bridgehead atoms. The highest BCUT2D eigenvalue weighted by Gasteiger charge is 2.28. The van der Waals surface area contributed by atoms with E-state index in [2.05, 4.69) is 0 Å². The SMILES string of the molecule is CC=CC(=O)N1CCCN1C(=O)C=Cc1cc(OC)ccc1OC. The van der Waals surface area contributed by atoms with Crippen molar-refractivity contribution in [2.24, 2.45) is 0 Å². The van der Waals surface area contributed by atoms with Crippen molar-refractivity contribution in [1.29, 1.82) is 0 Å². The zero-order valence-electron chi connectivity index (χ0n) is 14.2. The molecule has 6 nitrogen and oxygen atoms in total. The van der Waals surface area contributed by atoms with Gasteiger partial charge in [-0.2, -0.15) is 0 Å². The summed E-state index contributed by atoms with van der Waals surface area (Å²) >= 11 is 0. The first kappa shape index (κ1) is 17.6. The van der Waals surface area contributed by atoms with E-state index in [-0.39, 0.29) is 11.8 Å². The Hall–Kier alpha value is -2.76. The van der Waals surface area contributed by atoms with Crippen LogP contribution in [0.2, 0.25) is 0 Å². The average Bonchev–Trinajstić information content (AvgIpc) is 3.09. The zero-order chi connectivity index (χ0) is 17.5. The van der Waals surface area contributed by atoms with Crippen LogP contribution in [0.15, 0.2) is 36.4 Å². The molecular formula is C18H22N2O4. The molecule has 1 aromatic carbocycles. The lowest BCUT2D eigenvalue weighted by atomic mass is 10.1. The molecule has 2 rings (SSSR count). The van der Waals surface area contributed by atoms with Crippen LogP contribution in [0.3, 0.4) is 0 Å². The molecule has 1 heterocycles. The van der Waals surface area contributed by atoms with E-state index in [1.54, 1.807) is 51.5 Å². The minimum absolute atomic E-state index is 0.185. The summed E-state index contributed by atoms with van der Waals surface area (Å²) < 4.78 is 10.5. The minimum Gasteiger partial charge on any atom is -0.497 e. The van der Waals surface area contributed by atoms with E-state index in [4.69, 9.17) is 9.47 Å². The van der Waals surface area contributed by atoms with Gasteiger partial charge in [0.1, 0.15) is 11.5 Å². The quantitative estimate of drug-likeness (QED) is 0.777. The number of amides is 2. The fraction of sp³-hybridized carbons (Fsp3) is 0.333. The minimum atomic E-state index is -0.241. The molecule has 128 valence electrons. The van der Waals surface area contributed by atoms with Crippen LogP contribution in [-0.2, 0) is 9.59 Å². The van der Waals surface area contributed by atoms with Crippen molar-refractivity contribution >= 4 is 17.9 Å². The summed E-state index contributed by atoms with van der Waals surface area (Å²) in [6.45, 7) is 2.85. The lowest BCUT2D eigenvalue weighted by molar-refractivity contribution is -0.151. The third-order valence-electron chi connectivity index (χ3n) is 3.69. The summed E-state index contributed by atoms with van der Waals surface area (Å²) in [6.07, 6.45) is 7.00. The van der Waals surface area contributed by atoms with E-state index in [9.17, 15) is 9.59 Å². The molecule has 0 radical (unpaired) electrons. The second-order valence-electron chi connectivity index (χ2n) is 5.22. The van der Waals surface area contributed by atoms with Crippen LogP contribution in [0.25, 0.3) is 6.08 Å². The van der Waals surface area contributed by atoms with Gasteiger partial charge in [0.2, 0.25) is 0 Å². The number of hydrazine groups is 1. The molecule has 0 saturated carbocycles. The van der Waals surface area contributed by atoms with Crippen molar-refractivity contribution in [1.82, 2.24) is 10.0 Å². The highest BCUT2D eigenvalue weighted by Crippen LogP contribution is 2.25. The van der Waals surface area contributed by atoms with Crippen molar-refractivity contribution in [3.8, 4) is 11.5 Å². The molecule has 1 saturated heterocycles. The van der Waals surface area contributed by atoms with E-state index < -0.39 is 0 Å². The maximum atomic E-state index is 12.4. The van der Waals surface area contributed by atoms with Gasteiger partial charge in [-0.15, -0.1) is 0 Å². The van der Waals surface area contributed by atoms with Crippen molar-refractivity contribution < 1.29 is 19.1 Å². The Bertz CT molecular complexity index is 667. The second-order valence-corrected chi connectivity index (χ2v) is 5.22. The highest BCUT2D eigenvalue weighted by atomic mass is 16.5. The molecule has 0 spiro atoms. The number of benzene rings is 1. The lowest BCUT2D eigenvalue weighted by Gasteiger charge is -2.25. The number of hydrogen-bond acceptors (Lipinski definition) is 4. The van der Waals surface area contributed by atoms with Crippen LogP contribution < -0.4 is 9.47 Å². The monoisotopic (exact) mass is 330 g/mol. The number of methoxy groups -OCH3 is 2. The molecule has 2 amide bonds. The molecule has 24 heavy (non-hydrogen) atoms. The molecule has 1 aliphatic heterocycles. The Labute approximate surface area is 141 Å². The predicted molar refractivity (Wildman–Crippen MR) is 91.4 cm³/mol. The Morgan fingerprint density at radius 3 is 2.29 bits per heavy atom.